The molecule has 0 aliphatic heterocycles. The number of hydrogen-bond acceptors (Lipinski definition) is 1. The zero-order valence-electron chi connectivity index (χ0n) is 16.6. The van der Waals surface area contributed by atoms with Crippen LogP contribution in [0.5, 0.6) is 5.75 Å². The number of aryl methyl sites for hydroxylation is 2. The highest BCUT2D eigenvalue weighted by molar-refractivity contribution is 6.08. The van der Waals surface area contributed by atoms with Gasteiger partial charge < -0.3 is 9.67 Å². The van der Waals surface area contributed by atoms with Crippen molar-refractivity contribution in [3.63, 3.8) is 0 Å². The van der Waals surface area contributed by atoms with E-state index in [1.165, 1.54) is 32.9 Å². The van der Waals surface area contributed by atoms with Gasteiger partial charge in [-0.25, -0.2) is 0 Å². The summed E-state index contributed by atoms with van der Waals surface area (Å²) in [4.78, 5) is 0. The van der Waals surface area contributed by atoms with E-state index in [1.54, 1.807) is 0 Å². The number of aromatic hydroxyl groups is 1. The Morgan fingerprint density at radius 3 is 1.66 bits per heavy atom. The fraction of sp³-hybridized carbons (Fsp3) is 0.111. The van der Waals surface area contributed by atoms with Crippen molar-refractivity contribution < 1.29 is 5.11 Å². The lowest BCUT2D eigenvalue weighted by Crippen LogP contribution is -2.12. The van der Waals surface area contributed by atoms with E-state index in [1.807, 2.05) is 13.8 Å². The lowest BCUT2D eigenvalue weighted by Gasteiger charge is -2.24. The van der Waals surface area contributed by atoms with Gasteiger partial charge in [0.05, 0.1) is 6.04 Å². The normalized spacial score (nSPS) is 12.5. The molecular formula is C27H23NO. The number of para-hydroxylation sites is 2. The minimum absolute atomic E-state index is 0.0130. The van der Waals surface area contributed by atoms with E-state index in [0.717, 1.165) is 11.1 Å². The van der Waals surface area contributed by atoms with Gasteiger partial charge in [0.2, 0.25) is 0 Å². The molecule has 5 aromatic rings. The van der Waals surface area contributed by atoms with Crippen LogP contribution in [0.15, 0.2) is 91.0 Å². The predicted octanol–water partition coefficient (Wildman–Crippen LogP) is 6.75. The summed E-state index contributed by atoms with van der Waals surface area (Å²) in [5, 5.41) is 12.9. The third-order valence-corrected chi connectivity index (χ3v) is 5.82. The van der Waals surface area contributed by atoms with Crippen molar-refractivity contribution in [2.75, 3.05) is 0 Å². The Morgan fingerprint density at radius 1 is 0.621 bits per heavy atom. The summed E-state index contributed by atoms with van der Waals surface area (Å²) in [6.45, 7) is 3.94. The van der Waals surface area contributed by atoms with Crippen LogP contribution >= 0.6 is 0 Å². The van der Waals surface area contributed by atoms with E-state index in [0.29, 0.717) is 5.75 Å². The molecule has 1 atom stereocenters. The number of phenols is 1. The molecule has 0 saturated heterocycles. The van der Waals surface area contributed by atoms with E-state index < -0.39 is 0 Å². The van der Waals surface area contributed by atoms with Crippen molar-refractivity contribution in [3.05, 3.63) is 113 Å². The molecule has 1 N–H and O–H groups in total. The molecule has 0 fully saturated rings. The summed E-state index contributed by atoms with van der Waals surface area (Å²) in [6.07, 6.45) is 0. The van der Waals surface area contributed by atoms with Crippen molar-refractivity contribution >= 4 is 21.8 Å². The van der Waals surface area contributed by atoms with E-state index in [-0.39, 0.29) is 6.04 Å². The van der Waals surface area contributed by atoms with Crippen LogP contribution in [0.1, 0.15) is 28.3 Å². The van der Waals surface area contributed by atoms with Crippen molar-refractivity contribution in [2.24, 2.45) is 0 Å². The molecule has 142 valence electrons. The Bertz CT molecular complexity index is 1250. The van der Waals surface area contributed by atoms with Crippen LogP contribution < -0.4 is 0 Å². The molecule has 2 nitrogen and oxygen atoms in total. The van der Waals surface area contributed by atoms with Gasteiger partial charge in [0.25, 0.3) is 0 Å². The third-order valence-electron chi connectivity index (χ3n) is 5.82. The van der Waals surface area contributed by atoms with Crippen molar-refractivity contribution in [2.45, 2.75) is 19.9 Å². The van der Waals surface area contributed by atoms with Gasteiger partial charge in [-0.3, -0.25) is 0 Å². The number of hydrogen-bond donors (Lipinski definition) is 1. The molecule has 0 aliphatic rings. The van der Waals surface area contributed by atoms with Gasteiger partial charge in [-0.05, 0) is 60.4 Å². The van der Waals surface area contributed by atoms with Crippen molar-refractivity contribution in [3.8, 4) is 5.75 Å². The van der Waals surface area contributed by atoms with Crippen molar-refractivity contribution in [1.82, 2.24) is 4.57 Å². The fourth-order valence-electron chi connectivity index (χ4n) is 4.50. The van der Waals surface area contributed by atoms with Gasteiger partial charge in [0.1, 0.15) is 5.75 Å². The zero-order chi connectivity index (χ0) is 20.0. The lowest BCUT2D eigenvalue weighted by atomic mass is 9.94. The maximum absolute atomic E-state index is 10.4. The van der Waals surface area contributed by atoms with Gasteiger partial charge in [-0.1, -0.05) is 66.7 Å². The first kappa shape index (κ1) is 17.6. The van der Waals surface area contributed by atoms with Crippen LogP contribution in [-0.2, 0) is 0 Å². The molecule has 0 amide bonds. The monoisotopic (exact) mass is 377 g/mol. The smallest absolute Gasteiger partial charge is 0.121 e. The molecule has 4 aromatic carbocycles. The molecule has 5 rings (SSSR count). The molecule has 2 heteroatoms. The molecule has 0 saturated carbocycles. The van der Waals surface area contributed by atoms with Crippen LogP contribution in [0, 0.1) is 13.8 Å². The second-order valence-corrected chi connectivity index (χ2v) is 7.72. The van der Waals surface area contributed by atoms with Gasteiger partial charge in [-0.2, -0.15) is 0 Å². The molecule has 0 unspecified atom stereocenters. The number of aromatic nitrogens is 1. The summed E-state index contributed by atoms with van der Waals surface area (Å²) in [7, 11) is 0. The van der Waals surface area contributed by atoms with E-state index in [9.17, 15) is 5.11 Å². The lowest BCUT2D eigenvalue weighted by molar-refractivity contribution is 0.466. The Labute approximate surface area is 170 Å². The second kappa shape index (κ2) is 6.82. The largest absolute Gasteiger partial charge is 0.507 e. The van der Waals surface area contributed by atoms with E-state index in [4.69, 9.17) is 0 Å². The maximum atomic E-state index is 10.4. The average molecular weight is 377 g/mol. The highest BCUT2D eigenvalue weighted by Crippen LogP contribution is 2.38. The van der Waals surface area contributed by atoms with Gasteiger partial charge >= 0.3 is 0 Å². The summed E-state index contributed by atoms with van der Waals surface area (Å²) in [6, 6.07) is 32.1. The van der Waals surface area contributed by atoms with Gasteiger partial charge in [0.15, 0.2) is 0 Å². The summed E-state index contributed by atoms with van der Waals surface area (Å²) < 4.78 is 2.44. The predicted molar refractivity (Wildman–Crippen MR) is 121 cm³/mol. The topological polar surface area (TPSA) is 25.2 Å². The Morgan fingerprint density at radius 2 is 1.10 bits per heavy atom. The quantitative estimate of drug-likeness (QED) is 0.369. The SMILES string of the molecule is Cc1cc([C@@H](c2ccccc2)n2c3ccccc3c3ccccc32)cc(C)c1O. The molecule has 0 radical (unpaired) electrons. The van der Waals surface area contributed by atoms with Crippen LogP contribution in [0.25, 0.3) is 21.8 Å². The van der Waals surface area contributed by atoms with E-state index >= 15 is 0 Å². The number of fused-ring (bicyclic) bond motifs is 3. The third kappa shape index (κ3) is 2.80. The van der Waals surface area contributed by atoms with Gasteiger partial charge in [0, 0.05) is 21.8 Å². The number of benzene rings is 4. The first-order valence-electron chi connectivity index (χ1n) is 9.98. The van der Waals surface area contributed by atoms with Crippen molar-refractivity contribution in [1.29, 1.82) is 0 Å². The van der Waals surface area contributed by atoms with Gasteiger partial charge in [-0.15, -0.1) is 0 Å². The fourth-order valence-corrected chi connectivity index (χ4v) is 4.50. The number of nitrogens with zero attached hydrogens (tertiary/aromatic N) is 1. The average Bonchev–Trinajstić information content (AvgIpc) is 3.08. The summed E-state index contributed by atoms with van der Waals surface area (Å²) in [5.41, 5.74) is 6.64. The molecule has 0 bridgehead atoms. The Balaban J connectivity index is 1.90. The molecule has 29 heavy (non-hydrogen) atoms. The number of rotatable bonds is 3. The van der Waals surface area contributed by atoms with Crippen LogP contribution in [0.2, 0.25) is 0 Å². The number of phenolic OH excluding ortho intramolecular Hbond substituents is 1. The highest BCUT2D eigenvalue weighted by atomic mass is 16.3. The first-order valence-corrected chi connectivity index (χ1v) is 9.98. The van der Waals surface area contributed by atoms with Crippen LogP contribution in [0.4, 0.5) is 0 Å². The standard InChI is InChI=1S/C27H23NO/c1-18-16-21(17-19(2)27(18)29)26(20-10-4-3-5-11-20)28-24-14-8-6-12-22(24)23-13-7-9-15-25(23)28/h3-17,26,29H,1-2H3/t26-/m1/s1. The summed E-state index contributed by atoms with van der Waals surface area (Å²) in [5.74, 6) is 0.378. The molecular weight excluding hydrogens is 354 g/mol. The Hall–Kier alpha value is -3.52. The Kier molecular flexibility index (Phi) is 4.13. The van der Waals surface area contributed by atoms with Crippen LogP contribution in [-0.4, -0.2) is 9.67 Å². The highest BCUT2D eigenvalue weighted by Gasteiger charge is 2.22. The van der Waals surface area contributed by atoms with E-state index in [2.05, 4.69) is 95.6 Å². The summed E-state index contributed by atoms with van der Waals surface area (Å²) >= 11 is 0. The minimum Gasteiger partial charge on any atom is -0.507 e. The molecule has 0 spiro atoms. The van der Waals surface area contributed by atoms with Crippen LogP contribution in [0.3, 0.4) is 0 Å². The molecule has 0 aliphatic carbocycles. The minimum atomic E-state index is 0.0130. The maximum Gasteiger partial charge on any atom is 0.121 e. The first-order chi connectivity index (χ1) is 14.1. The zero-order valence-corrected chi connectivity index (χ0v) is 16.6. The molecule has 1 heterocycles. The molecule has 1 aromatic heterocycles. The second-order valence-electron chi connectivity index (χ2n) is 7.72.